The highest BCUT2D eigenvalue weighted by Crippen LogP contribution is 2.17. The van der Waals surface area contributed by atoms with Crippen molar-refractivity contribution < 1.29 is 9.53 Å². The Morgan fingerprint density at radius 1 is 1.38 bits per heavy atom. The van der Waals surface area contributed by atoms with Crippen molar-refractivity contribution in [2.24, 2.45) is 0 Å². The number of amides is 1. The molecule has 24 heavy (non-hydrogen) atoms. The summed E-state index contributed by atoms with van der Waals surface area (Å²) in [6.07, 6.45) is 1.60. The molecule has 0 aliphatic carbocycles. The molecule has 1 aromatic heterocycles. The molecule has 1 N–H and O–H groups in total. The van der Waals surface area contributed by atoms with Crippen LogP contribution in [0.5, 0.6) is 0 Å². The largest absolute Gasteiger partial charge is 0.379 e. The van der Waals surface area contributed by atoms with Crippen LogP contribution in [0.1, 0.15) is 16.1 Å². The van der Waals surface area contributed by atoms with Gasteiger partial charge in [0.25, 0.3) is 5.91 Å². The number of benzene rings is 1. The van der Waals surface area contributed by atoms with E-state index in [1.54, 1.807) is 10.9 Å². The zero-order valence-electron chi connectivity index (χ0n) is 13.7. The third kappa shape index (κ3) is 3.95. The predicted molar refractivity (Wildman–Crippen MR) is 92.9 cm³/mol. The fourth-order valence-electron chi connectivity index (χ4n) is 2.75. The summed E-state index contributed by atoms with van der Waals surface area (Å²) in [5, 5.41) is 7.92. The summed E-state index contributed by atoms with van der Waals surface area (Å²) in [7, 11) is 0. The number of aromatic nitrogens is 2. The number of hydrogen-bond donors (Lipinski definition) is 1. The van der Waals surface area contributed by atoms with E-state index in [9.17, 15) is 4.79 Å². The highest BCUT2D eigenvalue weighted by Gasteiger charge is 2.16. The van der Waals surface area contributed by atoms with Gasteiger partial charge >= 0.3 is 0 Å². The first kappa shape index (κ1) is 17.0. The Hall–Kier alpha value is -1.89. The van der Waals surface area contributed by atoms with Gasteiger partial charge in [-0.25, -0.2) is 4.68 Å². The molecule has 1 aliphatic rings. The maximum Gasteiger partial charge on any atom is 0.254 e. The van der Waals surface area contributed by atoms with Crippen molar-refractivity contribution in [1.29, 1.82) is 0 Å². The normalized spacial score (nSPS) is 15.4. The highest BCUT2D eigenvalue weighted by molar-refractivity contribution is 6.30. The number of ether oxygens (including phenoxy) is 1. The lowest BCUT2D eigenvalue weighted by Crippen LogP contribution is -2.41. The summed E-state index contributed by atoms with van der Waals surface area (Å²) in [6, 6.07) is 7.40. The molecule has 0 unspecified atom stereocenters. The van der Waals surface area contributed by atoms with Crippen LogP contribution in [-0.2, 0) is 4.74 Å². The van der Waals surface area contributed by atoms with Crippen molar-refractivity contribution in [3.63, 3.8) is 0 Å². The van der Waals surface area contributed by atoms with Crippen LogP contribution in [0.3, 0.4) is 0 Å². The molecule has 2 aromatic rings. The van der Waals surface area contributed by atoms with Crippen LogP contribution in [0.2, 0.25) is 5.02 Å². The summed E-state index contributed by atoms with van der Waals surface area (Å²) in [5.74, 6) is -0.103. The molecule has 0 bridgehead atoms. The van der Waals surface area contributed by atoms with Gasteiger partial charge in [-0.2, -0.15) is 5.10 Å². The second-order valence-corrected chi connectivity index (χ2v) is 6.18. The first-order valence-electron chi connectivity index (χ1n) is 8.04. The number of hydrogen-bond acceptors (Lipinski definition) is 4. The van der Waals surface area contributed by atoms with Gasteiger partial charge in [-0.05, 0) is 25.1 Å². The fraction of sp³-hybridized carbons (Fsp3) is 0.412. The van der Waals surface area contributed by atoms with Gasteiger partial charge in [0.15, 0.2) is 0 Å². The summed E-state index contributed by atoms with van der Waals surface area (Å²) >= 11 is 6.02. The van der Waals surface area contributed by atoms with Crippen LogP contribution < -0.4 is 5.32 Å². The van der Waals surface area contributed by atoms with Gasteiger partial charge in [0.2, 0.25) is 0 Å². The monoisotopic (exact) mass is 348 g/mol. The SMILES string of the molecule is Cc1c(C(=O)NCCN2CCOCC2)cnn1-c1cccc(Cl)c1. The lowest BCUT2D eigenvalue weighted by molar-refractivity contribution is 0.0383. The Morgan fingerprint density at radius 2 is 2.17 bits per heavy atom. The highest BCUT2D eigenvalue weighted by atomic mass is 35.5. The maximum absolute atomic E-state index is 12.4. The molecule has 0 atom stereocenters. The van der Waals surface area contributed by atoms with Gasteiger partial charge in [-0.3, -0.25) is 9.69 Å². The molecule has 1 amide bonds. The molecule has 1 fully saturated rings. The minimum Gasteiger partial charge on any atom is -0.379 e. The number of halogens is 1. The van der Waals surface area contributed by atoms with Crippen LogP contribution in [0.25, 0.3) is 5.69 Å². The number of rotatable bonds is 5. The van der Waals surface area contributed by atoms with Crippen LogP contribution in [0, 0.1) is 6.92 Å². The zero-order chi connectivity index (χ0) is 16.9. The lowest BCUT2D eigenvalue weighted by Gasteiger charge is -2.26. The fourth-order valence-corrected chi connectivity index (χ4v) is 2.93. The van der Waals surface area contributed by atoms with E-state index in [4.69, 9.17) is 16.3 Å². The Labute approximate surface area is 146 Å². The predicted octanol–water partition coefficient (Wildman–Crippen LogP) is 1.90. The van der Waals surface area contributed by atoms with E-state index >= 15 is 0 Å². The molecule has 2 heterocycles. The average molecular weight is 349 g/mol. The molecular formula is C17H21ClN4O2. The van der Waals surface area contributed by atoms with Crippen molar-refractivity contribution >= 4 is 17.5 Å². The standard InChI is InChI=1S/C17H21ClN4O2/c1-13-16(12-20-22(13)15-4-2-3-14(18)11-15)17(23)19-5-6-21-7-9-24-10-8-21/h2-4,11-12H,5-10H2,1H3,(H,19,23). The van der Waals surface area contributed by atoms with Crippen molar-refractivity contribution in [1.82, 2.24) is 20.0 Å². The topological polar surface area (TPSA) is 59.4 Å². The Bertz CT molecular complexity index is 710. The van der Waals surface area contributed by atoms with E-state index in [2.05, 4.69) is 15.3 Å². The lowest BCUT2D eigenvalue weighted by atomic mass is 10.2. The summed E-state index contributed by atoms with van der Waals surface area (Å²) < 4.78 is 7.04. The van der Waals surface area contributed by atoms with Crippen molar-refractivity contribution in [3.05, 3.63) is 46.7 Å². The van der Waals surface area contributed by atoms with E-state index in [1.165, 1.54) is 0 Å². The number of morpholine rings is 1. The van der Waals surface area contributed by atoms with Crippen LogP contribution >= 0.6 is 11.6 Å². The molecule has 7 heteroatoms. The Kier molecular flexibility index (Phi) is 5.50. The molecule has 3 rings (SSSR count). The van der Waals surface area contributed by atoms with E-state index in [1.807, 2.05) is 31.2 Å². The van der Waals surface area contributed by atoms with Crippen molar-refractivity contribution in [2.75, 3.05) is 39.4 Å². The Morgan fingerprint density at radius 3 is 2.92 bits per heavy atom. The van der Waals surface area contributed by atoms with Gasteiger partial charge < -0.3 is 10.1 Å². The average Bonchev–Trinajstić information content (AvgIpc) is 2.97. The second-order valence-electron chi connectivity index (χ2n) is 5.75. The second kappa shape index (κ2) is 7.79. The van der Waals surface area contributed by atoms with Gasteiger partial charge in [0.05, 0.1) is 36.4 Å². The first-order valence-corrected chi connectivity index (χ1v) is 8.42. The maximum atomic E-state index is 12.4. The third-order valence-electron chi connectivity index (χ3n) is 4.12. The minimum atomic E-state index is -0.103. The number of carbonyl (C=O) groups excluding carboxylic acids is 1. The van der Waals surface area contributed by atoms with Gasteiger partial charge in [-0.15, -0.1) is 0 Å². The Balaban J connectivity index is 1.61. The number of carbonyl (C=O) groups is 1. The summed E-state index contributed by atoms with van der Waals surface area (Å²) in [5.41, 5.74) is 2.21. The molecule has 1 aliphatic heterocycles. The van der Waals surface area contributed by atoms with Gasteiger partial charge in [0, 0.05) is 31.2 Å². The first-order chi connectivity index (χ1) is 11.6. The van der Waals surface area contributed by atoms with Gasteiger partial charge in [-0.1, -0.05) is 17.7 Å². The van der Waals surface area contributed by atoms with Crippen LogP contribution in [-0.4, -0.2) is 60.0 Å². The van der Waals surface area contributed by atoms with E-state index in [-0.39, 0.29) is 5.91 Å². The summed E-state index contributed by atoms with van der Waals surface area (Å²) in [6.45, 7) is 6.68. The van der Waals surface area contributed by atoms with Crippen molar-refractivity contribution in [2.45, 2.75) is 6.92 Å². The van der Waals surface area contributed by atoms with Crippen LogP contribution in [0.4, 0.5) is 0 Å². The smallest absolute Gasteiger partial charge is 0.254 e. The number of nitrogens with one attached hydrogen (secondary N) is 1. The molecular weight excluding hydrogens is 328 g/mol. The van der Waals surface area contributed by atoms with E-state index < -0.39 is 0 Å². The quantitative estimate of drug-likeness (QED) is 0.896. The zero-order valence-corrected chi connectivity index (χ0v) is 14.4. The molecule has 1 aromatic carbocycles. The van der Waals surface area contributed by atoms with Gasteiger partial charge in [0.1, 0.15) is 0 Å². The molecule has 128 valence electrons. The molecule has 6 nitrogen and oxygen atoms in total. The number of nitrogens with zero attached hydrogens (tertiary/aromatic N) is 3. The molecule has 0 radical (unpaired) electrons. The van der Waals surface area contributed by atoms with E-state index in [0.717, 1.165) is 44.2 Å². The third-order valence-corrected chi connectivity index (χ3v) is 4.36. The summed E-state index contributed by atoms with van der Waals surface area (Å²) in [4.78, 5) is 14.7. The van der Waals surface area contributed by atoms with Crippen LogP contribution in [0.15, 0.2) is 30.5 Å². The van der Waals surface area contributed by atoms with Crippen molar-refractivity contribution in [3.8, 4) is 5.69 Å². The molecule has 1 saturated heterocycles. The van der Waals surface area contributed by atoms with E-state index in [0.29, 0.717) is 17.1 Å². The molecule has 0 spiro atoms. The minimum absolute atomic E-state index is 0.103. The molecule has 0 saturated carbocycles.